The number of hydrogen-bond acceptors (Lipinski definition) is 7. The second-order valence-electron chi connectivity index (χ2n) is 9.07. The molecule has 3 amide bonds. The highest BCUT2D eigenvalue weighted by Crippen LogP contribution is 2.29. The van der Waals surface area contributed by atoms with E-state index in [0.29, 0.717) is 11.3 Å². The van der Waals surface area contributed by atoms with Crippen LogP contribution in [0.2, 0.25) is 0 Å². The van der Waals surface area contributed by atoms with Crippen LogP contribution in [0.3, 0.4) is 0 Å². The number of nitrogens with one attached hydrogen (secondary N) is 1. The molecule has 0 atom stereocenters. The average Bonchev–Trinajstić information content (AvgIpc) is 2.84. The van der Waals surface area contributed by atoms with Gasteiger partial charge in [0, 0.05) is 24.6 Å². The Labute approximate surface area is 227 Å². The molecule has 0 saturated carbocycles. The van der Waals surface area contributed by atoms with Gasteiger partial charge >= 0.3 is 18.0 Å². The minimum Gasteiger partial charge on any atom is -0.491 e. The smallest absolute Gasteiger partial charge is 0.341 e. The number of rotatable bonds is 14. The molecule has 210 valence electrons. The van der Waals surface area contributed by atoms with Gasteiger partial charge in [-0.25, -0.2) is 9.59 Å². The van der Waals surface area contributed by atoms with E-state index in [0.717, 1.165) is 4.90 Å². The van der Waals surface area contributed by atoms with Crippen LogP contribution in [0.25, 0.3) is 0 Å². The summed E-state index contributed by atoms with van der Waals surface area (Å²) >= 11 is 0. The molecular weight excluding hydrogens is 508 g/mol. The van der Waals surface area contributed by atoms with Gasteiger partial charge in [0.2, 0.25) is 0 Å². The number of carboxylic acid groups (broad SMARTS) is 2. The third-order valence-corrected chi connectivity index (χ3v) is 4.94. The van der Waals surface area contributed by atoms with E-state index in [-0.39, 0.29) is 54.3 Å². The number of nitrogens with zero attached hydrogens (tertiary/aromatic N) is 1. The molecular formula is C28H34N2O9. The highest BCUT2D eigenvalue weighted by molar-refractivity contribution is 6.08. The van der Waals surface area contributed by atoms with Gasteiger partial charge in [0.25, 0.3) is 5.91 Å². The Hall–Kier alpha value is -4.54. The van der Waals surface area contributed by atoms with Crippen LogP contribution in [-0.4, -0.2) is 64.3 Å². The van der Waals surface area contributed by atoms with E-state index < -0.39 is 30.5 Å². The summed E-state index contributed by atoms with van der Waals surface area (Å²) in [6.07, 6.45) is 1.05. The lowest BCUT2D eigenvalue weighted by Gasteiger charge is -2.22. The number of carboxylic acids is 2. The fourth-order valence-corrected chi connectivity index (χ4v) is 3.43. The Morgan fingerprint density at radius 1 is 0.949 bits per heavy atom. The molecule has 0 heterocycles. The van der Waals surface area contributed by atoms with Gasteiger partial charge in [0.05, 0.1) is 17.9 Å². The first-order chi connectivity index (χ1) is 18.4. The summed E-state index contributed by atoms with van der Waals surface area (Å²) in [5, 5.41) is 20.7. The number of carbonyl (C=O) groups is 4. The Morgan fingerprint density at radius 3 is 2.21 bits per heavy atom. The fraction of sp³-hybridized carbons (Fsp3) is 0.357. The molecule has 2 aromatic carbocycles. The maximum Gasteiger partial charge on any atom is 0.341 e. The Balaban J connectivity index is 2.41. The number of imide groups is 1. The van der Waals surface area contributed by atoms with Crippen molar-refractivity contribution in [1.29, 1.82) is 0 Å². The van der Waals surface area contributed by atoms with Crippen LogP contribution in [0.4, 0.5) is 10.5 Å². The fourth-order valence-electron chi connectivity index (χ4n) is 3.43. The lowest BCUT2D eigenvalue weighted by molar-refractivity contribution is -0.139. The van der Waals surface area contributed by atoms with Crippen molar-refractivity contribution in [2.24, 2.45) is 0 Å². The van der Waals surface area contributed by atoms with Gasteiger partial charge in [0.1, 0.15) is 17.2 Å². The standard InChI is InChI=1S/C28H34N2O9/c1-6-11-30(27(35)20-13-21(37-16-26(33)34)15-22(14-20)38-17(2)3)28(36)29-23-12-19(8-10-25(31)32)7-9-24(23)39-18(4)5/h6-7,9,12-15,17-18H,1,8,10-11,16H2,2-5H3,(H,29,36)(H,31,32)(H,33,34). The molecule has 0 aliphatic carbocycles. The molecule has 11 nitrogen and oxygen atoms in total. The summed E-state index contributed by atoms with van der Waals surface area (Å²) in [7, 11) is 0. The normalized spacial score (nSPS) is 10.6. The first kappa shape index (κ1) is 30.7. The molecule has 0 saturated heterocycles. The number of hydrogen-bond donors (Lipinski definition) is 3. The SMILES string of the molecule is C=CCN(C(=O)Nc1cc(CCC(=O)O)ccc1OC(C)C)C(=O)c1cc(OCC(=O)O)cc(OC(C)C)c1. The number of urea groups is 1. The van der Waals surface area contributed by atoms with Gasteiger partial charge in [0.15, 0.2) is 6.61 Å². The molecule has 39 heavy (non-hydrogen) atoms. The van der Waals surface area contributed by atoms with E-state index >= 15 is 0 Å². The average molecular weight is 543 g/mol. The maximum absolute atomic E-state index is 13.5. The Morgan fingerprint density at radius 2 is 1.62 bits per heavy atom. The van der Waals surface area contributed by atoms with Gasteiger partial charge in [-0.1, -0.05) is 12.1 Å². The van der Waals surface area contributed by atoms with Crippen molar-refractivity contribution in [1.82, 2.24) is 4.90 Å². The van der Waals surface area contributed by atoms with Crippen molar-refractivity contribution in [2.75, 3.05) is 18.5 Å². The second-order valence-corrected chi connectivity index (χ2v) is 9.07. The van der Waals surface area contributed by atoms with Gasteiger partial charge in [-0.3, -0.25) is 14.5 Å². The van der Waals surface area contributed by atoms with Crippen LogP contribution in [0.15, 0.2) is 49.1 Å². The number of amides is 3. The molecule has 0 radical (unpaired) electrons. The van der Waals surface area contributed by atoms with E-state index in [1.165, 1.54) is 24.3 Å². The van der Waals surface area contributed by atoms with Gasteiger partial charge in [-0.2, -0.15) is 0 Å². The minimum atomic E-state index is -1.20. The molecule has 0 bridgehead atoms. The number of benzene rings is 2. The van der Waals surface area contributed by atoms with Crippen LogP contribution < -0.4 is 19.5 Å². The Kier molecular flexibility index (Phi) is 11.3. The van der Waals surface area contributed by atoms with Crippen molar-refractivity contribution in [3.8, 4) is 17.2 Å². The first-order valence-electron chi connectivity index (χ1n) is 12.3. The molecule has 0 fully saturated rings. The van der Waals surface area contributed by atoms with Gasteiger partial charge in [-0.15, -0.1) is 6.58 Å². The third-order valence-electron chi connectivity index (χ3n) is 4.94. The third kappa shape index (κ3) is 10.0. The van der Waals surface area contributed by atoms with Crippen molar-refractivity contribution < 1.29 is 43.6 Å². The quantitative estimate of drug-likeness (QED) is 0.291. The largest absolute Gasteiger partial charge is 0.491 e. The topological polar surface area (TPSA) is 152 Å². The van der Waals surface area contributed by atoms with Crippen LogP contribution in [0, 0.1) is 0 Å². The van der Waals surface area contributed by atoms with Crippen LogP contribution in [0.1, 0.15) is 50.0 Å². The van der Waals surface area contributed by atoms with E-state index in [1.54, 1.807) is 32.0 Å². The highest BCUT2D eigenvalue weighted by Gasteiger charge is 2.25. The van der Waals surface area contributed by atoms with E-state index in [2.05, 4.69) is 11.9 Å². The zero-order valence-electron chi connectivity index (χ0n) is 22.4. The zero-order chi connectivity index (χ0) is 29.1. The van der Waals surface area contributed by atoms with Crippen LogP contribution in [0.5, 0.6) is 17.2 Å². The molecule has 0 aromatic heterocycles. The van der Waals surface area contributed by atoms with E-state index in [1.807, 2.05) is 13.8 Å². The predicted molar refractivity (Wildman–Crippen MR) is 144 cm³/mol. The van der Waals surface area contributed by atoms with E-state index in [9.17, 15) is 19.2 Å². The first-order valence-corrected chi connectivity index (χ1v) is 12.3. The summed E-state index contributed by atoms with van der Waals surface area (Å²) in [6.45, 7) is 10.0. The lowest BCUT2D eigenvalue weighted by atomic mass is 10.1. The summed E-state index contributed by atoms with van der Waals surface area (Å²) in [6, 6.07) is 8.36. The summed E-state index contributed by atoms with van der Waals surface area (Å²) in [5.41, 5.74) is 0.949. The molecule has 2 rings (SSSR count). The molecule has 3 N–H and O–H groups in total. The van der Waals surface area contributed by atoms with Gasteiger partial charge < -0.3 is 29.7 Å². The van der Waals surface area contributed by atoms with Crippen LogP contribution in [-0.2, 0) is 16.0 Å². The van der Waals surface area contributed by atoms with Crippen molar-refractivity contribution in [3.05, 3.63) is 60.2 Å². The number of aliphatic carboxylic acids is 2. The van der Waals surface area contributed by atoms with Gasteiger partial charge in [-0.05, 0) is 63.9 Å². The summed E-state index contributed by atoms with van der Waals surface area (Å²) < 4.78 is 16.7. The number of aryl methyl sites for hydroxylation is 1. The van der Waals surface area contributed by atoms with Crippen molar-refractivity contribution >= 4 is 29.6 Å². The number of carbonyl (C=O) groups excluding carboxylic acids is 2. The molecule has 2 aromatic rings. The molecule has 11 heteroatoms. The lowest BCUT2D eigenvalue weighted by Crippen LogP contribution is -2.40. The number of anilines is 1. The molecule has 0 aliphatic heterocycles. The minimum absolute atomic E-state index is 0.0272. The van der Waals surface area contributed by atoms with Crippen LogP contribution >= 0.6 is 0 Å². The monoisotopic (exact) mass is 542 g/mol. The number of ether oxygens (including phenoxy) is 3. The molecule has 0 spiro atoms. The Bertz CT molecular complexity index is 1210. The van der Waals surface area contributed by atoms with Crippen molar-refractivity contribution in [2.45, 2.75) is 52.7 Å². The summed E-state index contributed by atoms with van der Waals surface area (Å²) in [4.78, 5) is 49.7. The molecule has 0 unspecified atom stereocenters. The van der Waals surface area contributed by atoms with E-state index in [4.69, 9.17) is 24.4 Å². The highest BCUT2D eigenvalue weighted by atomic mass is 16.5. The summed E-state index contributed by atoms with van der Waals surface area (Å²) in [5.74, 6) is -2.18. The molecule has 0 aliphatic rings. The predicted octanol–water partition coefficient (Wildman–Crippen LogP) is 4.60. The van der Waals surface area contributed by atoms with Crippen molar-refractivity contribution in [3.63, 3.8) is 0 Å². The second kappa shape index (κ2) is 14.4. The maximum atomic E-state index is 13.5. The zero-order valence-corrected chi connectivity index (χ0v) is 22.4.